The number of anilines is 2. The highest BCUT2D eigenvalue weighted by atomic mass is 79.9. The van der Waals surface area contributed by atoms with Crippen LogP contribution in [0.25, 0.3) is 10.9 Å². The molecule has 3 heterocycles. The van der Waals surface area contributed by atoms with Crippen molar-refractivity contribution in [3.8, 4) is 0 Å². The van der Waals surface area contributed by atoms with E-state index in [4.69, 9.17) is 4.74 Å². The van der Waals surface area contributed by atoms with Crippen LogP contribution in [0.3, 0.4) is 0 Å². The van der Waals surface area contributed by atoms with Crippen LogP contribution in [-0.2, 0) is 4.74 Å². The van der Waals surface area contributed by atoms with Crippen molar-refractivity contribution in [3.05, 3.63) is 52.3 Å². The van der Waals surface area contributed by atoms with Crippen LogP contribution in [0, 0.1) is 12.8 Å². The number of carbonyl (C=O) groups excluding carboxylic acids is 1. The number of hydrogen-bond acceptors (Lipinski definition) is 4. The SMILES string of the molecule is Cc1c[nH]c2c(Nc3cccc(Br)c3)ncc(C(=O)N(C)CC3CCOCC3)c12. The molecule has 1 aliphatic heterocycles. The average Bonchev–Trinajstić information content (AvgIpc) is 3.11. The van der Waals surface area contributed by atoms with E-state index in [1.54, 1.807) is 6.20 Å². The molecule has 0 aliphatic carbocycles. The summed E-state index contributed by atoms with van der Waals surface area (Å²) in [5, 5.41) is 4.27. The monoisotopic (exact) mass is 456 g/mol. The molecule has 1 aliphatic rings. The lowest BCUT2D eigenvalue weighted by atomic mass is 9.99. The number of H-pyrrole nitrogens is 1. The first-order chi connectivity index (χ1) is 14.0. The number of nitrogens with zero attached hydrogens (tertiary/aromatic N) is 2. The van der Waals surface area contributed by atoms with E-state index >= 15 is 0 Å². The smallest absolute Gasteiger partial charge is 0.255 e. The third-order valence-electron chi connectivity index (χ3n) is 5.44. The molecule has 3 aromatic rings. The van der Waals surface area contributed by atoms with Crippen LogP contribution in [0.1, 0.15) is 28.8 Å². The van der Waals surface area contributed by atoms with E-state index < -0.39 is 0 Å². The highest BCUT2D eigenvalue weighted by Crippen LogP contribution is 2.30. The van der Waals surface area contributed by atoms with Crippen molar-refractivity contribution < 1.29 is 9.53 Å². The summed E-state index contributed by atoms with van der Waals surface area (Å²) in [7, 11) is 1.87. The van der Waals surface area contributed by atoms with E-state index in [0.29, 0.717) is 17.3 Å². The molecule has 152 valence electrons. The molecule has 1 saturated heterocycles. The van der Waals surface area contributed by atoms with Gasteiger partial charge < -0.3 is 19.9 Å². The van der Waals surface area contributed by atoms with Gasteiger partial charge in [0.15, 0.2) is 5.82 Å². The number of aromatic nitrogens is 2. The number of hydrogen-bond donors (Lipinski definition) is 2. The van der Waals surface area contributed by atoms with Crippen molar-refractivity contribution in [2.45, 2.75) is 19.8 Å². The van der Waals surface area contributed by atoms with Gasteiger partial charge in [-0.1, -0.05) is 22.0 Å². The minimum atomic E-state index is 0.00528. The fraction of sp³-hybridized carbons (Fsp3) is 0.364. The average molecular weight is 457 g/mol. The van der Waals surface area contributed by atoms with E-state index in [-0.39, 0.29) is 5.91 Å². The fourth-order valence-corrected chi connectivity index (χ4v) is 4.28. The quantitative estimate of drug-likeness (QED) is 0.573. The summed E-state index contributed by atoms with van der Waals surface area (Å²) in [5.74, 6) is 1.20. The highest BCUT2D eigenvalue weighted by molar-refractivity contribution is 9.10. The zero-order chi connectivity index (χ0) is 20.4. The summed E-state index contributed by atoms with van der Waals surface area (Å²) in [6, 6.07) is 7.91. The van der Waals surface area contributed by atoms with Crippen molar-refractivity contribution in [3.63, 3.8) is 0 Å². The molecule has 0 unspecified atom stereocenters. The number of benzene rings is 1. The fourth-order valence-electron chi connectivity index (χ4n) is 3.88. The van der Waals surface area contributed by atoms with Gasteiger partial charge in [-0.3, -0.25) is 4.79 Å². The van der Waals surface area contributed by atoms with E-state index in [1.807, 2.05) is 49.3 Å². The molecule has 0 bridgehead atoms. The lowest BCUT2D eigenvalue weighted by Crippen LogP contribution is -2.34. The second-order valence-electron chi connectivity index (χ2n) is 7.62. The summed E-state index contributed by atoms with van der Waals surface area (Å²) in [6.45, 7) is 4.32. The van der Waals surface area contributed by atoms with Crippen LogP contribution < -0.4 is 5.32 Å². The molecule has 2 N–H and O–H groups in total. The molecule has 0 saturated carbocycles. The van der Waals surface area contributed by atoms with Crippen molar-refractivity contribution >= 4 is 44.2 Å². The first-order valence-corrected chi connectivity index (χ1v) is 10.6. The van der Waals surface area contributed by atoms with Gasteiger partial charge in [0.25, 0.3) is 5.91 Å². The maximum Gasteiger partial charge on any atom is 0.255 e. The Kier molecular flexibility index (Phi) is 5.87. The van der Waals surface area contributed by atoms with Gasteiger partial charge in [0.2, 0.25) is 0 Å². The molecule has 7 heteroatoms. The maximum absolute atomic E-state index is 13.2. The first kappa shape index (κ1) is 19.9. The van der Waals surface area contributed by atoms with Crippen LogP contribution in [-0.4, -0.2) is 47.6 Å². The minimum Gasteiger partial charge on any atom is -0.381 e. The van der Waals surface area contributed by atoms with Gasteiger partial charge in [0.05, 0.1) is 11.1 Å². The van der Waals surface area contributed by atoms with Crippen LogP contribution in [0.15, 0.2) is 41.1 Å². The summed E-state index contributed by atoms with van der Waals surface area (Å²) in [4.78, 5) is 22.9. The number of aryl methyl sites for hydroxylation is 1. The summed E-state index contributed by atoms with van der Waals surface area (Å²) in [6.07, 6.45) is 5.62. The number of pyridine rings is 1. The van der Waals surface area contributed by atoms with Crippen molar-refractivity contribution in [2.24, 2.45) is 5.92 Å². The van der Waals surface area contributed by atoms with Gasteiger partial charge in [-0.2, -0.15) is 0 Å². The van der Waals surface area contributed by atoms with E-state index in [1.165, 1.54) is 0 Å². The number of ether oxygens (including phenoxy) is 1. The summed E-state index contributed by atoms with van der Waals surface area (Å²) in [5.41, 5.74) is 3.43. The molecule has 4 rings (SSSR count). The molecule has 0 spiro atoms. The molecule has 6 nitrogen and oxygen atoms in total. The number of halogens is 1. The lowest BCUT2D eigenvalue weighted by Gasteiger charge is -2.27. The Labute approximate surface area is 178 Å². The van der Waals surface area contributed by atoms with E-state index in [2.05, 4.69) is 31.2 Å². The molecule has 1 aromatic carbocycles. The van der Waals surface area contributed by atoms with Gasteiger partial charge in [-0.25, -0.2) is 4.98 Å². The second kappa shape index (κ2) is 8.55. The molecular weight excluding hydrogens is 432 g/mol. The largest absolute Gasteiger partial charge is 0.381 e. The van der Waals surface area contributed by atoms with Gasteiger partial charge in [0.1, 0.15) is 0 Å². The Balaban J connectivity index is 1.62. The van der Waals surface area contributed by atoms with Crippen LogP contribution in [0.2, 0.25) is 0 Å². The normalized spacial score (nSPS) is 14.9. The Morgan fingerprint density at radius 2 is 2.17 bits per heavy atom. The summed E-state index contributed by atoms with van der Waals surface area (Å²) < 4.78 is 6.42. The van der Waals surface area contributed by atoms with Crippen LogP contribution in [0.4, 0.5) is 11.5 Å². The number of carbonyl (C=O) groups is 1. The van der Waals surface area contributed by atoms with Gasteiger partial charge in [-0.15, -0.1) is 0 Å². The molecule has 1 fully saturated rings. The molecule has 1 amide bonds. The molecule has 29 heavy (non-hydrogen) atoms. The number of rotatable bonds is 5. The van der Waals surface area contributed by atoms with Crippen molar-refractivity contribution in [1.82, 2.24) is 14.9 Å². The predicted octanol–water partition coefficient (Wildman–Crippen LogP) is 4.88. The lowest BCUT2D eigenvalue weighted by molar-refractivity contribution is 0.0498. The van der Waals surface area contributed by atoms with Crippen LogP contribution >= 0.6 is 15.9 Å². The van der Waals surface area contributed by atoms with E-state index in [9.17, 15) is 4.79 Å². The summed E-state index contributed by atoms with van der Waals surface area (Å²) >= 11 is 3.49. The first-order valence-electron chi connectivity index (χ1n) is 9.85. The topological polar surface area (TPSA) is 70.2 Å². The Morgan fingerprint density at radius 1 is 1.38 bits per heavy atom. The maximum atomic E-state index is 13.2. The number of aromatic amines is 1. The van der Waals surface area contributed by atoms with E-state index in [0.717, 1.165) is 59.2 Å². The van der Waals surface area contributed by atoms with Gasteiger partial charge in [-0.05, 0) is 49.4 Å². The number of amides is 1. The number of fused-ring (bicyclic) bond motifs is 1. The highest BCUT2D eigenvalue weighted by Gasteiger charge is 2.23. The van der Waals surface area contributed by atoms with Crippen LogP contribution in [0.5, 0.6) is 0 Å². The van der Waals surface area contributed by atoms with Crippen molar-refractivity contribution in [2.75, 3.05) is 32.1 Å². The third-order valence-corrected chi connectivity index (χ3v) is 5.94. The standard InChI is InChI=1S/C22H25BrN4O2/c1-14-11-24-20-19(14)18(22(28)27(2)13-15-6-8-29-9-7-15)12-25-21(20)26-17-5-3-4-16(23)10-17/h3-5,10-12,15,24H,6-9,13H2,1-2H3,(H,25,26). The van der Waals surface area contributed by atoms with Gasteiger partial charge >= 0.3 is 0 Å². The Hall–Kier alpha value is -2.38. The minimum absolute atomic E-state index is 0.00528. The zero-order valence-corrected chi connectivity index (χ0v) is 18.3. The third kappa shape index (κ3) is 4.31. The molecular formula is C22H25BrN4O2. The number of nitrogens with one attached hydrogen (secondary N) is 2. The molecule has 2 aromatic heterocycles. The zero-order valence-electron chi connectivity index (χ0n) is 16.7. The second-order valence-corrected chi connectivity index (χ2v) is 8.53. The predicted molar refractivity (Wildman–Crippen MR) is 119 cm³/mol. The van der Waals surface area contributed by atoms with Gasteiger partial charge in [0, 0.05) is 54.7 Å². The molecule has 0 radical (unpaired) electrons. The Morgan fingerprint density at radius 3 is 2.93 bits per heavy atom. The van der Waals surface area contributed by atoms with Crippen molar-refractivity contribution in [1.29, 1.82) is 0 Å². The molecule has 0 atom stereocenters. The Bertz CT molecular complexity index is 1030.